The molecule has 8 heteroatoms. The van der Waals surface area contributed by atoms with Crippen molar-refractivity contribution in [2.45, 2.75) is 45.6 Å². The fraction of sp³-hybridized carbons (Fsp3) is 0.226. The number of nitrogens with zero attached hydrogens (tertiary/aromatic N) is 2. The van der Waals surface area contributed by atoms with Crippen LogP contribution in [-0.4, -0.2) is 5.78 Å². The number of Topliss-reactive ketones (excluding diaryl/α,β-unsaturated/α-hetero) is 1. The van der Waals surface area contributed by atoms with E-state index in [1.165, 1.54) is 30.3 Å². The van der Waals surface area contributed by atoms with Crippen LogP contribution in [0, 0.1) is 36.8 Å². The van der Waals surface area contributed by atoms with E-state index >= 15 is 0 Å². The molecule has 3 aromatic rings. The first-order chi connectivity index (χ1) is 18.7. The maximum absolute atomic E-state index is 14.0. The number of rotatable bonds is 5. The van der Waals surface area contributed by atoms with Gasteiger partial charge in [0.05, 0.1) is 22.6 Å². The minimum Gasteiger partial charge on any atom is -0.489 e. The Bertz CT molecular complexity index is 1590. The number of halogens is 3. The molecule has 2 aliphatic rings. The van der Waals surface area contributed by atoms with E-state index in [1.807, 2.05) is 26.0 Å². The molecule has 0 amide bonds. The molecule has 198 valence electrons. The van der Waals surface area contributed by atoms with Gasteiger partial charge in [0, 0.05) is 23.4 Å². The second kappa shape index (κ2) is 10.5. The van der Waals surface area contributed by atoms with Crippen molar-refractivity contribution in [3.8, 4) is 11.8 Å². The highest BCUT2D eigenvalue weighted by atomic mass is 35.5. The molecule has 0 fully saturated rings. The van der Waals surface area contributed by atoms with Crippen molar-refractivity contribution >= 4 is 23.1 Å². The van der Waals surface area contributed by atoms with Crippen LogP contribution in [0.25, 0.3) is 0 Å². The van der Waals surface area contributed by atoms with Crippen molar-refractivity contribution in [3.05, 3.63) is 116 Å². The van der Waals surface area contributed by atoms with Crippen LogP contribution in [0.15, 0.2) is 77.3 Å². The lowest BCUT2D eigenvalue weighted by Crippen LogP contribution is -2.39. The Morgan fingerprint density at radius 3 is 2.54 bits per heavy atom. The molecular weight excluding hydrogens is 520 g/mol. The maximum Gasteiger partial charge on any atom is 0.161 e. The summed E-state index contributed by atoms with van der Waals surface area (Å²) in [6.07, 6.45) is 1.56. The zero-order chi connectivity index (χ0) is 27.8. The van der Waals surface area contributed by atoms with E-state index in [9.17, 15) is 18.8 Å². The number of aryl methyl sites for hydroxylation is 1. The van der Waals surface area contributed by atoms with E-state index in [1.54, 1.807) is 17.0 Å². The van der Waals surface area contributed by atoms with Crippen LogP contribution in [0.2, 0.25) is 5.02 Å². The quantitative estimate of drug-likeness (QED) is 0.369. The number of nitrogens with two attached hydrogens (primary N) is 1. The number of anilines is 1. The number of ketones is 1. The lowest BCUT2D eigenvalue weighted by Gasteiger charge is -2.40. The zero-order valence-corrected chi connectivity index (χ0v) is 22.3. The summed E-state index contributed by atoms with van der Waals surface area (Å²) in [4.78, 5) is 15.2. The SMILES string of the molecule is Cc1cc(COc2ccc(F)cc2)c(C)c(C2C(C#N)=C(N)N(c3ccc(F)c(Cl)c3)C3=C2C(=O)CCC3)c1. The summed E-state index contributed by atoms with van der Waals surface area (Å²) in [5.41, 5.74) is 12.1. The Morgan fingerprint density at radius 2 is 1.85 bits per heavy atom. The lowest BCUT2D eigenvalue weighted by molar-refractivity contribution is -0.116. The largest absolute Gasteiger partial charge is 0.489 e. The first-order valence-corrected chi connectivity index (χ1v) is 13.0. The van der Waals surface area contributed by atoms with Gasteiger partial charge in [-0.3, -0.25) is 9.69 Å². The third kappa shape index (κ3) is 4.88. The summed E-state index contributed by atoms with van der Waals surface area (Å²) in [5.74, 6) is -0.916. The third-order valence-corrected chi connectivity index (χ3v) is 7.58. The van der Waals surface area contributed by atoms with E-state index in [0.717, 1.165) is 22.3 Å². The molecule has 1 aliphatic heterocycles. The van der Waals surface area contributed by atoms with E-state index in [4.69, 9.17) is 22.1 Å². The van der Waals surface area contributed by atoms with Gasteiger partial charge >= 0.3 is 0 Å². The average molecular weight is 546 g/mol. The number of nitriles is 1. The average Bonchev–Trinajstić information content (AvgIpc) is 2.91. The molecule has 2 N–H and O–H groups in total. The number of carbonyl (C=O) groups is 1. The molecule has 0 spiro atoms. The van der Waals surface area contributed by atoms with Crippen molar-refractivity contribution in [2.75, 3.05) is 4.90 Å². The van der Waals surface area contributed by atoms with Crippen LogP contribution in [-0.2, 0) is 11.4 Å². The van der Waals surface area contributed by atoms with Gasteiger partial charge in [0.25, 0.3) is 0 Å². The Balaban J connectivity index is 1.63. The number of hydrogen-bond acceptors (Lipinski definition) is 5. The molecule has 1 atom stereocenters. The Labute approximate surface area is 230 Å². The van der Waals surface area contributed by atoms with Gasteiger partial charge in [-0.2, -0.15) is 5.26 Å². The van der Waals surface area contributed by atoms with E-state index in [2.05, 4.69) is 6.07 Å². The summed E-state index contributed by atoms with van der Waals surface area (Å²) in [5, 5.41) is 10.3. The molecule has 0 radical (unpaired) electrons. The summed E-state index contributed by atoms with van der Waals surface area (Å²) in [6.45, 7) is 4.10. The van der Waals surface area contributed by atoms with Gasteiger partial charge in [0.1, 0.15) is 29.8 Å². The van der Waals surface area contributed by atoms with Crippen molar-refractivity contribution in [1.29, 1.82) is 5.26 Å². The first kappa shape index (κ1) is 26.5. The fourth-order valence-electron chi connectivity index (χ4n) is 5.42. The number of carbonyl (C=O) groups excluding carboxylic acids is 1. The van der Waals surface area contributed by atoms with Crippen LogP contribution in [0.5, 0.6) is 5.75 Å². The molecule has 1 heterocycles. The van der Waals surface area contributed by atoms with Crippen LogP contribution in [0.4, 0.5) is 14.5 Å². The van der Waals surface area contributed by atoms with Gasteiger partial charge in [-0.05, 0) is 85.8 Å². The third-order valence-electron chi connectivity index (χ3n) is 7.29. The predicted octanol–water partition coefficient (Wildman–Crippen LogP) is 7.12. The molecule has 0 saturated carbocycles. The Hall–Kier alpha value is -4.15. The number of ether oxygens (including phenoxy) is 1. The van der Waals surface area contributed by atoms with E-state index in [0.29, 0.717) is 42.0 Å². The summed E-state index contributed by atoms with van der Waals surface area (Å²) in [7, 11) is 0. The zero-order valence-electron chi connectivity index (χ0n) is 21.5. The van der Waals surface area contributed by atoms with Gasteiger partial charge < -0.3 is 10.5 Å². The van der Waals surface area contributed by atoms with Crippen molar-refractivity contribution < 1.29 is 18.3 Å². The first-order valence-electron chi connectivity index (χ1n) is 12.6. The standard InChI is InChI=1S/C31H26ClF2N3O2/c1-17-12-19(16-39-22-9-6-20(33)7-10-22)18(2)23(13-17)29-24(15-35)31(36)37(21-8-11-26(34)25(32)14-21)27-4-3-5-28(38)30(27)29/h6-14,29H,3-5,16,36H2,1-2H3. The second-order valence-electron chi connectivity index (χ2n) is 9.80. The van der Waals surface area contributed by atoms with Crippen molar-refractivity contribution in [3.63, 3.8) is 0 Å². The summed E-state index contributed by atoms with van der Waals surface area (Å²) in [6, 6.07) is 16.3. The van der Waals surface area contributed by atoms with Crippen LogP contribution in [0.1, 0.15) is 47.4 Å². The molecule has 39 heavy (non-hydrogen) atoms. The molecular formula is C31H26ClF2N3O2. The molecule has 3 aromatic carbocycles. The summed E-state index contributed by atoms with van der Waals surface area (Å²) >= 11 is 6.08. The molecule has 5 rings (SSSR count). The molecule has 0 aromatic heterocycles. The minimum absolute atomic E-state index is 0.0512. The fourth-order valence-corrected chi connectivity index (χ4v) is 5.60. The van der Waals surface area contributed by atoms with Crippen molar-refractivity contribution in [1.82, 2.24) is 0 Å². The van der Waals surface area contributed by atoms with Gasteiger partial charge in [-0.15, -0.1) is 0 Å². The highest BCUT2D eigenvalue weighted by Crippen LogP contribution is 2.47. The van der Waals surface area contributed by atoms with E-state index in [-0.39, 0.29) is 34.6 Å². The highest BCUT2D eigenvalue weighted by molar-refractivity contribution is 6.31. The molecule has 1 unspecified atom stereocenters. The van der Waals surface area contributed by atoms with Crippen LogP contribution < -0.4 is 15.4 Å². The summed E-state index contributed by atoms with van der Waals surface area (Å²) < 4.78 is 33.2. The van der Waals surface area contributed by atoms with Gasteiger partial charge in [-0.25, -0.2) is 8.78 Å². The molecule has 0 saturated heterocycles. The second-order valence-corrected chi connectivity index (χ2v) is 10.2. The van der Waals surface area contributed by atoms with E-state index < -0.39 is 11.7 Å². The Morgan fingerprint density at radius 1 is 1.10 bits per heavy atom. The van der Waals surface area contributed by atoms with Crippen LogP contribution >= 0.6 is 11.6 Å². The smallest absolute Gasteiger partial charge is 0.161 e. The number of benzene rings is 3. The van der Waals surface area contributed by atoms with Gasteiger partial charge in [0.2, 0.25) is 0 Å². The van der Waals surface area contributed by atoms with Gasteiger partial charge in [-0.1, -0.05) is 29.3 Å². The topological polar surface area (TPSA) is 79.3 Å². The van der Waals surface area contributed by atoms with Gasteiger partial charge in [0.15, 0.2) is 5.78 Å². The maximum atomic E-state index is 14.0. The Kier molecular flexibility index (Phi) is 7.16. The predicted molar refractivity (Wildman–Crippen MR) is 146 cm³/mol. The molecule has 1 aliphatic carbocycles. The normalized spacial score (nSPS) is 17.3. The van der Waals surface area contributed by atoms with Crippen LogP contribution in [0.3, 0.4) is 0 Å². The molecule has 5 nitrogen and oxygen atoms in total. The molecule has 0 bridgehead atoms. The highest BCUT2D eigenvalue weighted by Gasteiger charge is 2.41. The minimum atomic E-state index is -0.658. The monoisotopic (exact) mass is 545 g/mol. The van der Waals surface area contributed by atoms with Crippen molar-refractivity contribution in [2.24, 2.45) is 5.73 Å². The number of hydrogen-bond donors (Lipinski definition) is 1. The lowest BCUT2D eigenvalue weighted by atomic mass is 9.73. The number of allylic oxidation sites excluding steroid dienone is 3.